The number of thioether (sulfide) groups is 1. The highest BCUT2D eigenvalue weighted by atomic mass is 32.2. The predicted molar refractivity (Wildman–Crippen MR) is 48.3 cm³/mol. The van der Waals surface area contributed by atoms with E-state index in [2.05, 4.69) is 15.3 Å². The number of hydrogen-bond donors (Lipinski definition) is 1. The van der Waals surface area contributed by atoms with Crippen LogP contribution in [-0.4, -0.2) is 29.2 Å². The second-order valence-corrected chi connectivity index (χ2v) is 3.04. The first kappa shape index (κ1) is 10.2. The fourth-order valence-electron chi connectivity index (χ4n) is 0.729. The molecule has 72 valence electrons. The minimum absolute atomic E-state index is 0.384. The van der Waals surface area contributed by atoms with Crippen molar-refractivity contribution >= 4 is 17.6 Å². The van der Waals surface area contributed by atoms with Gasteiger partial charge in [0, 0.05) is 6.07 Å². The number of hydrogen-bond acceptors (Lipinski definition) is 4. The first-order valence-corrected chi connectivity index (χ1v) is 4.83. The summed E-state index contributed by atoms with van der Waals surface area (Å²) in [5, 5.41) is 3.26. The summed E-state index contributed by atoms with van der Waals surface area (Å²) in [7, 11) is 0. The SMILES string of the molecule is CSc1cc(NCC(F)F)ncn1. The van der Waals surface area contributed by atoms with Gasteiger partial charge in [-0.2, -0.15) is 0 Å². The number of nitrogens with zero attached hydrogens (tertiary/aromatic N) is 2. The van der Waals surface area contributed by atoms with Gasteiger partial charge in [-0.3, -0.25) is 0 Å². The molecule has 0 saturated heterocycles. The molecule has 0 aliphatic carbocycles. The Morgan fingerprint density at radius 1 is 1.54 bits per heavy atom. The van der Waals surface area contributed by atoms with Gasteiger partial charge in [0.1, 0.15) is 17.2 Å². The van der Waals surface area contributed by atoms with Crippen molar-refractivity contribution in [2.24, 2.45) is 0 Å². The highest BCUT2D eigenvalue weighted by molar-refractivity contribution is 7.98. The van der Waals surface area contributed by atoms with Gasteiger partial charge < -0.3 is 5.32 Å². The molecule has 1 N–H and O–H groups in total. The Morgan fingerprint density at radius 3 is 2.92 bits per heavy atom. The number of aromatic nitrogens is 2. The topological polar surface area (TPSA) is 37.8 Å². The summed E-state index contributed by atoms with van der Waals surface area (Å²) in [4.78, 5) is 7.70. The standard InChI is InChI=1S/C7H9F2N3S/c1-13-7-2-6(11-4-12-7)10-3-5(8)9/h2,4-5H,3H2,1H3,(H,10,11,12). The highest BCUT2D eigenvalue weighted by Gasteiger charge is 2.02. The molecular weight excluding hydrogens is 196 g/mol. The van der Waals surface area contributed by atoms with E-state index in [9.17, 15) is 8.78 Å². The van der Waals surface area contributed by atoms with Gasteiger partial charge in [-0.25, -0.2) is 18.7 Å². The first-order chi connectivity index (χ1) is 6.22. The zero-order valence-corrected chi connectivity index (χ0v) is 7.81. The molecule has 6 heteroatoms. The second-order valence-electron chi connectivity index (χ2n) is 2.22. The Morgan fingerprint density at radius 2 is 2.31 bits per heavy atom. The summed E-state index contributed by atoms with van der Waals surface area (Å²) >= 11 is 1.44. The van der Waals surface area contributed by atoms with Crippen LogP contribution in [0.25, 0.3) is 0 Å². The fourth-order valence-corrected chi connectivity index (χ4v) is 1.11. The lowest BCUT2D eigenvalue weighted by Crippen LogP contribution is -2.11. The van der Waals surface area contributed by atoms with Gasteiger partial charge in [-0.1, -0.05) is 0 Å². The third kappa shape index (κ3) is 3.54. The maximum absolute atomic E-state index is 11.8. The molecule has 0 aliphatic rings. The summed E-state index contributed by atoms with van der Waals surface area (Å²) in [6.45, 7) is -0.384. The van der Waals surface area contributed by atoms with Crippen LogP contribution in [-0.2, 0) is 0 Å². The normalized spacial score (nSPS) is 10.5. The van der Waals surface area contributed by atoms with Crippen molar-refractivity contribution in [3.8, 4) is 0 Å². The van der Waals surface area contributed by atoms with Gasteiger partial charge >= 0.3 is 0 Å². The molecule has 0 unspecified atom stereocenters. The van der Waals surface area contributed by atoms with E-state index in [1.54, 1.807) is 6.07 Å². The van der Waals surface area contributed by atoms with Crippen molar-refractivity contribution in [3.63, 3.8) is 0 Å². The van der Waals surface area contributed by atoms with Gasteiger partial charge in [0.2, 0.25) is 0 Å². The van der Waals surface area contributed by atoms with Crippen LogP contribution in [0, 0.1) is 0 Å². The maximum atomic E-state index is 11.8. The Bertz CT molecular complexity index is 270. The van der Waals surface area contributed by atoms with E-state index in [0.29, 0.717) is 5.82 Å². The molecule has 0 amide bonds. The van der Waals surface area contributed by atoms with Gasteiger partial charge in [0.05, 0.1) is 6.54 Å². The van der Waals surface area contributed by atoms with Crippen LogP contribution in [0.2, 0.25) is 0 Å². The summed E-state index contributed by atoms with van der Waals surface area (Å²) in [5.74, 6) is 0.430. The quantitative estimate of drug-likeness (QED) is 0.601. The second kappa shape index (κ2) is 4.96. The molecule has 0 atom stereocenters. The Hall–Kier alpha value is -0.910. The van der Waals surface area contributed by atoms with Crippen LogP contribution in [0.4, 0.5) is 14.6 Å². The number of nitrogens with one attached hydrogen (secondary N) is 1. The van der Waals surface area contributed by atoms with Gasteiger partial charge in [0.25, 0.3) is 6.43 Å². The molecule has 1 aromatic rings. The molecule has 0 bridgehead atoms. The van der Waals surface area contributed by atoms with Crippen molar-refractivity contribution in [1.29, 1.82) is 0 Å². The molecular formula is C7H9F2N3S. The van der Waals surface area contributed by atoms with Gasteiger partial charge in [0.15, 0.2) is 0 Å². The minimum atomic E-state index is -2.37. The van der Waals surface area contributed by atoms with E-state index in [1.165, 1.54) is 18.1 Å². The molecule has 1 aromatic heterocycles. The lowest BCUT2D eigenvalue weighted by Gasteiger charge is -2.04. The maximum Gasteiger partial charge on any atom is 0.255 e. The lowest BCUT2D eigenvalue weighted by molar-refractivity contribution is 0.163. The molecule has 0 aromatic carbocycles. The van der Waals surface area contributed by atoms with Crippen molar-refractivity contribution in [2.45, 2.75) is 11.5 Å². The van der Waals surface area contributed by atoms with Gasteiger partial charge in [-0.15, -0.1) is 11.8 Å². The summed E-state index contributed by atoms with van der Waals surface area (Å²) in [6, 6.07) is 1.63. The fraction of sp³-hybridized carbons (Fsp3) is 0.429. The number of alkyl halides is 2. The average molecular weight is 205 g/mol. The van der Waals surface area contributed by atoms with E-state index in [4.69, 9.17) is 0 Å². The van der Waals surface area contributed by atoms with Crippen molar-refractivity contribution < 1.29 is 8.78 Å². The summed E-state index contributed by atoms with van der Waals surface area (Å²) < 4.78 is 23.6. The van der Waals surface area contributed by atoms with Crippen LogP contribution < -0.4 is 5.32 Å². The summed E-state index contributed by atoms with van der Waals surface area (Å²) in [5.41, 5.74) is 0. The van der Waals surface area contributed by atoms with Crippen LogP contribution in [0.1, 0.15) is 0 Å². The van der Waals surface area contributed by atoms with Crippen molar-refractivity contribution in [1.82, 2.24) is 9.97 Å². The Balaban J connectivity index is 2.56. The zero-order valence-electron chi connectivity index (χ0n) is 7.00. The van der Waals surface area contributed by atoms with Crippen LogP contribution in [0.15, 0.2) is 17.4 Å². The molecule has 0 radical (unpaired) electrons. The van der Waals surface area contributed by atoms with E-state index < -0.39 is 6.43 Å². The molecule has 0 fully saturated rings. The third-order valence-corrected chi connectivity index (χ3v) is 1.93. The Labute approximate surface area is 79.0 Å². The first-order valence-electron chi connectivity index (χ1n) is 3.60. The smallest absolute Gasteiger partial charge is 0.255 e. The van der Waals surface area contributed by atoms with E-state index in [1.807, 2.05) is 6.26 Å². The van der Waals surface area contributed by atoms with Crippen molar-refractivity contribution in [3.05, 3.63) is 12.4 Å². The number of rotatable bonds is 4. The van der Waals surface area contributed by atoms with E-state index in [0.717, 1.165) is 5.03 Å². The lowest BCUT2D eigenvalue weighted by atomic mass is 10.5. The molecule has 13 heavy (non-hydrogen) atoms. The average Bonchev–Trinajstić information content (AvgIpc) is 2.15. The molecule has 3 nitrogen and oxygen atoms in total. The zero-order chi connectivity index (χ0) is 9.68. The van der Waals surface area contributed by atoms with E-state index in [-0.39, 0.29) is 6.54 Å². The molecule has 0 aliphatic heterocycles. The number of anilines is 1. The summed E-state index contributed by atoms with van der Waals surface area (Å²) in [6.07, 6.45) is 0.839. The predicted octanol–water partition coefficient (Wildman–Crippen LogP) is 1.88. The molecule has 1 heterocycles. The third-order valence-electron chi connectivity index (χ3n) is 1.29. The van der Waals surface area contributed by atoms with Crippen LogP contribution >= 0.6 is 11.8 Å². The monoisotopic (exact) mass is 205 g/mol. The van der Waals surface area contributed by atoms with Gasteiger partial charge in [-0.05, 0) is 6.26 Å². The number of halogens is 2. The Kier molecular flexibility index (Phi) is 3.88. The minimum Gasteiger partial charge on any atom is -0.364 e. The van der Waals surface area contributed by atoms with Crippen molar-refractivity contribution in [2.75, 3.05) is 18.1 Å². The van der Waals surface area contributed by atoms with Crippen LogP contribution in [0.5, 0.6) is 0 Å². The molecule has 0 saturated carbocycles. The highest BCUT2D eigenvalue weighted by Crippen LogP contribution is 2.13. The molecule has 1 rings (SSSR count). The largest absolute Gasteiger partial charge is 0.364 e. The van der Waals surface area contributed by atoms with Crippen LogP contribution in [0.3, 0.4) is 0 Å². The molecule has 0 spiro atoms. The van der Waals surface area contributed by atoms with E-state index >= 15 is 0 Å².